The number of benzene rings is 14. The summed E-state index contributed by atoms with van der Waals surface area (Å²) in [5, 5.41) is 20.3. The van der Waals surface area contributed by atoms with Crippen LogP contribution in [0.1, 0.15) is 80.4 Å². The number of aromatic nitrogens is 12. The zero-order valence-corrected chi connectivity index (χ0v) is 88.5. The van der Waals surface area contributed by atoms with Crippen molar-refractivity contribution in [3.63, 3.8) is 0 Å². The van der Waals surface area contributed by atoms with E-state index in [2.05, 4.69) is 86.4 Å². The van der Waals surface area contributed by atoms with E-state index in [1.54, 1.807) is 140 Å². The van der Waals surface area contributed by atoms with Crippen LogP contribution in [0.4, 0.5) is 33.2 Å². The molecule has 14 aromatic carbocycles. The van der Waals surface area contributed by atoms with Crippen molar-refractivity contribution in [2.45, 2.75) is 66.7 Å². The Kier molecular flexibility index (Phi) is 36.6. The fourth-order valence-corrected chi connectivity index (χ4v) is 18.8. The van der Waals surface area contributed by atoms with E-state index in [1.165, 1.54) is 0 Å². The lowest BCUT2D eigenvalue weighted by molar-refractivity contribution is -0.120. The molecule has 13 N–H and O–H groups in total. The Labute approximate surface area is 908 Å². The van der Waals surface area contributed by atoms with Crippen molar-refractivity contribution < 1.29 is 38.2 Å². The monoisotopic (exact) mass is 2210 g/mol. The van der Waals surface area contributed by atoms with Crippen molar-refractivity contribution in [3.05, 3.63) is 356 Å². The van der Waals surface area contributed by atoms with Gasteiger partial charge in [-0.2, -0.15) is 0 Å². The molecule has 148 heavy (non-hydrogen) atoms. The molecule has 1 unspecified atom stereocenters. The molecule has 0 radical (unpaired) electrons. The minimum Gasteiger partial charge on any atom is -0.450 e. The normalized spacial score (nSPS) is 11.2. The smallest absolute Gasteiger partial charge is 0.411 e. The van der Waals surface area contributed by atoms with Gasteiger partial charge in [-0.25, -0.2) is 34.7 Å². The van der Waals surface area contributed by atoms with Gasteiger partial charge in [0.2, 0.25) is 23.6 Å². The third kappa shape index (κ3) is 27.5. The summed E-state index contributed by atoms with van der Waals surface area (Å²) < 4.78 is 9.94. The topological polar surface area (TPSA) is 379 Å². The quantitative estimate of drug-likeness (QED) is 0.0283. The first-order valence-corrected chi connectivity index (χ1v) is 50.5. The number of anilines is 5. The van der Waals surface area contributed by atoms with E-state index in [9.17, 15) is 28.8 Å². The van der Waals surface area contributed by atoms with Crippen molar-refractivity contribution in [1.29, 1.82) is 0 Å². The molecular weight excluding hydrogens is 2130 g/mol. The molecule has 0 saturated heterocycles. The summed E-state index contributed by atoms with van der Waals surface area (Å²) in [4.78, 5) is 118. The Balaban J connectivity index is 0.000000133. The summed E-state index contributed by atoms with van der Waals surface area (Å²) in [6, 6.07) is 82.0. The Morgan fingerprint density at radius 3 is 1.03 bits per heavy atom. The van der Waals surface area contributed by atoms with Crippen molar-refractivity contribution in [2.24, 2.45) is 11.7 Å². The molecule has 0 spiro atoms. The lowest BCUT2D eigenvalue weighted by Gasteiger charge is -2.10. The number of nitrogens with two attached hydrogens (primary N) is 1. The molecule has 20 rings (SSSR count). The minimum atomic E-state index is -0.496. The third-order valence-electron chi connectivity index (χ3n) is 22.4. The average Bonchev–Trinajstić information content (AvgIpc) is 1.72. The van der Waals surface area contributed by atoms with E-state index in [0.717, 1.165) is 94.1 Å². The molecular formula is C110H90Cl12N18O8. The number of hydrogen-bond acceptors (Lipinski definition) is 14. The number of primary amides is 1. The first-order chi connectivity index (χ1) is 71.2. The molecule has 0 fully saturated rings. The number of carbonyl (C=O) groups is 6. The number of H-pyrrole nitrogens is 6. The highest BCUT2D eigenvalue weighted by atomic mass is 35.5. The zero-order chi connectivity index (χ0) is 105. The predicted octanol–water partition coefficient (Wildman–Crippen LogP) is 31.5. The van der Waals surface area contributed by atoms with Crippen LogP contribution >= 0.6 is 139 Å². The second-order valence-electron chi connectivity index (χ2n) is 33.6. The molecule has 0 bridgehead atoms. The second kappa shape index (κ2) is 50.1. The predicted molar refractivity (Wildman–Crippen MR) is 603 cm³/mol. The van der Waals surface area contributed by atoms with E-state index in [-0.39, 0.29) is 42.1 Å². The summed E-state index contributed by atoms with van der Waals surface area (Å²) in [6.07, 6.45) is 0.964. The van der Waals surface area contributed by atoms with E-state index in [0.29, 0.717) is 190 Å². The van der Waals surface area contributed by atoms with Crippen LogP contribution < -0.4 is 32.3 Å². The Morgan fingerprint density at radius 1 is 0.338 bits per heavy atom. The second-order valence-corrected chi connectivity index (χ2v) is 38.5. The van der Waals surface area contributed by atoms with Gasteiger partial charge in [0.1, 0.15) is 41.6 Å². The molecule has 0 aliphatic heterocycles. The summed E-state index contributed by atoms with van der Waals surface area (Å²) in [5.41, 5.74) is 25.7. The maximum atomic E-state index is 12.4. The molecule has 1 atom stereocenters. The summed E-state index contributed by atoms with van der Waals surface area (Å²) in [7, 11) is 0. The van der Waals surface area contributed by atoms with Gasteiger partial charge in [0.25, 0.3) is 5.91 Å². The molecule has 26 nitrogen and oxygen atoms in total. The van der Waals surface area contributed by atoms with Gasteiger partial charge < -0.3 is 66.4 Å². The lowest BCUT2D eigenvalue weighted by atomic mass is 9.95. The number of amides is 6. The molecule has 752 valence electrons. The van der Waals surface area contributed by atoms with Crippen molar-refractivity contribution in [1.82, 2.24) is 59.8 Å². The first kappa shape index (κ1) is 108. The van der Waals surface area contributed by atoms with Crippen LogP contribution in [-0.4, -0.2) is 115 Å². The summed E-state index contributed by atoms with van der Waals surface area (Å²) in [6.45, 7) is 12.3. The van der Waals surface area contributed by atoms with Gasteiger partial charge in [0.15, 0.2) is 0 Å². The number of ether oxygens (including phenoxy) is 2. The van der Waals surface area contributed by atoms with Crippen molar-refractivity contribution in [2.75, 3.05) is 46.4 Å². The van der Waals surface area contributed by atoms with Crippen LogP contribution in [0.25, 0.3) is 135 Å². The fraction of sp³-hybridized carbons (Fsp3) is 0.127. The zero-order valence-electron chi connectivity index (χ0n) is 79.4. The highest BCUT2D eigenvalue weighted by Crippen LogP contribution is 2.42. The molecule has 6 aromatic heterocycles. The van der Waals surface area contributed by atoms with Gasteiger partial charge in [0, 0.05) is 52.6 Å². The number of imidazole rings is 6. The summed E-state index contributed by atoms with van der Waals surface area (Å²) >= 11 is 74.7. The highest BCUT2D eigenvalue weighted by Gasteiger charge is 2.24. The van der Waals surface area contributed by atoms with Gasteiger partial charge in [-0.1, -0.05) is 250 Å². The third-order valence-corrected chi connectivity index (χ3v) is 26.4. The Morgan fingerprint density at radius 2 is 0.669 bits per heavy atom. The van der Waals surface area contributed by atoms with Crippen LogP contribution in [0.15, 0.2) is 273 Å². The highest BCUT2D eigenvalue weighted by molar-refractivity contribution is 6.44. The van der Waals surface area contributed by atoms with Crippen molar-refractivity contribution in [3.8, 4) is 68.3 Å². The number of aryl methyl sites for hydroxylation is 1. The number of aromatic amines is 6. The standard InChI is InChI=1S/2C21H15Cl2N3O.C18H17Cl2N3O.C17H15Cl2N3O2.C17H15Cl2N3O.C16H13Cl2N3O2/c1-12-4-2-5-13(10-12)21(27)24-14-8-9-17-18(11-14)26-20(25-17)19-15(22)6-3-7-16(19)23;22-15-7-4-8-16(23)20(15)21-25-17-10-9-14(12-18(17)26-21)24-19(27)11-13-5-2-1-3-6-13;1-10(2)8-16(24)21-11-6-7-14-15(9-11)23-18(22-14)17-12(19)4-3-5-13(17)20;1-2-24-9-15(23)20-10-6-7-13-14(8-10)22-17(21-13)16-11(18)4-3-5-12(16)19;1-2-10(16(20)23)9-6-7-13-14(8-9)22-17(21-13)15-11(18)4-3-5-12(15)19;1-2-23-16(22)19-9-6-7-12-13(8-9)21-15(20-12)10-4-3-5-11(17)14(10)18/h2-11H,1H3,(H,24,27)(H,25,26);1-10,12H,11H2,(H,24,27)(H,25,26);3-7,9-10H,8H2,1-2H3,(H,21,24)(H,22,23);3-8H,2,9H2,1H3,(H,20,23)(H,21,22);3-8,10H,2H2,1H3,(H2,20,23)(H,21,22);3-8H,2H2,1H3,(H,19,22)(H,20,21). The Bertz CT molecular complexity index is 8210. The number of fused-ring (bicyclic) bond motifs is 6. The molecule has 0 saturated carbocycles. The number of nitrogens with zero attached hydrogens (tertiary/aromatic N) is 6. The van der Waals surface area contributed by atoms with E-state index in [1.807, 2.05) is 174 Å². The SMILES string of the molecule is CC(C)CC(=O)Nc1ccc2nc(-c3c(Cl)cccc3Cl)[nH]c2c1.CCC(C(N)=O)c1ccc2nc(-c3c(Cl)cccc3Cl)[nH]c2c1.CCOC(=O)Nc1ccc2nc(-c3cccc(Cl)c3Cl)[nH]c2c1.CCOCC(=O)Nc1ccc2nc(-c3c(Cl)cccc3Cl)[nH]c2c1.Cc1cccc(C(=O)Nc2ccc3nc(-c4c(Cl)cccc4Cl)[nH]c3c2)c1.O=C(Cc1ccccc1)Nc1ccc2nc(-c3c(Cl)cccc3Cl)[nH]c2c1. The fourth-order valence-electron chi connectivity index (χ4n) is 15.5. The first-order valence-electron chi connectivity index (χ1n) is 46.0. The lowest BCUT2D eigenvalue weighted by Crippen LogP contribution is -2.20. The van der Waals surface area contributed by atoms with Crippen LogP contribution in [0, 0.1) is 12.8 Å². The average molecular weight is 2220 g/mol. The van der Waals surface area contributed by atoms with Gasteiger partial charge in [-0.15, -0.1) is 0 Å². The maximum Gasteiger partial charge on any atom is 0.411 e. The maximum absolute atomic E-state index is 12.4. The van der Waals surface area contributed by atoms with Gasteiger partial charge in [-0.05, 0) is 232 Å². The minimum absolute atomic E-state index is 0.00163. The molecule has 0 aliphatic rings. The van der Waals surface area contributed by atoms with Crippen LogP contribution in [0.2, 0.25) is 60.3 Å². The molecule has 6 amide bonds. The number of carbonyl (C=O) groups excluding carboxylic acids is 6. The van der Waals surface area contributed by atoms with Gasteiger partial charge >= 0.3 is 6.09 Å². The number of rotatable bonds is 23. The number of nitrogens with one attached hydrogen (secondary N) is 11. The van der Waals surface area contributed by atoms with Gasteiger partial charge in [-0.3, -0.25) is 29.3 Å². The van der Waals surface area contributed by atoms with Crippen molar-refractivity contribution >= 4 is 269 Å². The van der Waals surface area contributed by atoms with E-state index < -0.39 is 6.09 Å². The molecule has 6 heterocycles. The Hall–Kier alpha value is -14.0. The number of halogens is 12. The molecule has 0 aliphatic carbocycles. The van der Waals surface area contributed by atoms with E-state index in [4.69, 9.17) is 154 Å². The summed E-state index contributed by atoms with van der Waals surface area (Å²) in [5.74, 6) is 2.80. The van der Waals surface area contributed by atoms with Crippen LogP contribution in [0.3, 0.4) is 0 Å². The largest absolute Gasteiger partial charge is 0.450 e. The molecule has 20 aromatic rings. The van der Waals surface area contributed by atoms with Crippen LogP contribution in [-0.2, 0) is 35.1 Å². The van der Waals surface area contributed by atoms with Crippen LogP contribution in [0.5, 0.6) is 0 Å². The van der Waals surface area contributed by atoms with Gasteiger partial charge in [0.05, 0.1) is 173 Å². The molecule has 38 heteroatoms. The number of hydrogen-bond donors (Lipinski definition) is 12. The van der Waals surface area contributed by atoms with E-state index >= 15 is 0 Å².